The number of rotatable bonds is 9. The molecule has 1 aromatic carbocycles. The predicted octanol–water partition coefficient (Wildman–Crippen LogP) is 2.19. The van der Waals surface area contributed by atoms with E-state index in [1.807, 2.05) is 6.92 Å². The highest BCUT2D eigenvalue weighted by atomic mass is 19.4. The van der Waals surface area contributed by atoms with Gasteiger partial charge in [0.2, 0.25) is 0 Å². The van der Waals surface area contributed by atoms with Gasteiger partial charge in [-0.2, -0.15) is 18.0 Å². The third-order valence-electron chi connectivity index (χ3n) is 6.37. The molecule has 2 amide bonds. The molecule has 3 heterocycles. The molecule has 12 nitrogen and oxygen atoms in total. The molecule has 1 atom stereocenters. The van der Waals surface area contributed by atoms with Gasteiger partial charge in [0, 0.05) is 30.3 Å². The van der Waals surface area contributed by atoms with Gasteiger partial charge in [-0.25, -0.2) is 9.18 Å². The maximum Gasteiger partial charge on any atom is 0.498 e. The molecule has 1 aliphatic rings. The molecule has 0 fully saturated rings. The summed E-state index contributed by atoms with van der Waals surface area (Å²) < 4.78 is 56.9. The van der Waals surface area contributed by atoms with Crippen LogP contribution in [-0.4, -0.2) is 46.9 Å². The van der Waals surface area contributed by atoms with Crippen LogP contribution in [-0.2, 0) is 22.6 Å². The van der Waals surface area contributed by atoms with Crippen LogP contribution in [0.1, 0.15) is 68.5 Å². The van der Waals surface area contributed by atoms with Crippen LogP contribution in [0, 0.1) is 12.7 Å². The molecule has 1 unspecified atom stereocenters. The number of carbonyl (C=O) groups excluding carboxylic acids is 3. The Balaban J connectivity index is 1.55. The molecule has 43 heavy (non-hydrogen) atoms. The van der Waals surface area contributed by atoms with Crippen LogP contribution in [0.4, 0.5) is 17.6 Å². The summed E-state index contributed by atoms with van der Waals surface area (Å²) in [4.78, 5) is 50.4. The lowest BCUT2D eigenvalue weighted by Gasteiger charge is -2.14. The first-order valence-electron chi connectivity index (χ1n) is 12.7. The molecule has 2 aromatic heterocycles. The number of oxime groups is 1. The Labute approximate surface area is 241 Å². The van der Waals surface area contributed by atoms with Crippen LogP contribution in [0.25, 0.3) is 0 Å². The number of carbonyl (C=O) groups is 3. The third kappa shape index (κ3) is 6.85. The fraction of sp³-hybridized carbons (Fsp3) is 0.296. The topological polar surface area (TPSA) is 159 Å². The van der Waals surface area contributed by atoms with E-state index in [9.17, 15) is 31.9 Å². The minimum Gasteiger partial charge on any atom is -0.494 e. The normalized spacial score (nSPS) is 14.5. The van der Waals surface area contributed by atoms with E-state index in [2.05, 4.69) is 25.4 Å². The SMILES string of the molecule is CCc1c(C(=O)NCc2ccc(F)c(OC)c2)cc(C2=NOC(c3ccc(C(N)=O)[n+](OC(=O)C(F)(F)F)n3)C2)nc1C. The number of benzene rings is 1. The van der Waals surface area contributed by atoms with Crippen molar-refractivity contribution in [3.05, 3.63) is 81.7 Å². The fourth-order valence-corrected chi connectivity index (χ4v) is 4.24. The molecule has 3 N–H and O–H groups in total. The van der Waals surface area contributed by atoms with E-state index in [1.165, 1.54) is 37.4 Å². The number of amides is 2. The number of halogens is 4. The van der Waals surface area contributed by atoms with Crippen molar-refractivity contribution < 1.29 is 51.2 Å². The minimum atomic E-state index is -5.36. The minimum absolute atomic E-state index is 0.0183. The van der Waals surface area contributed by atoms with Gasteiger partial charge in [-0.3, -0.25) is 14.6 Å². The lowest BCUT2D eigenvalue weighted by molar-refractivity contribution is -0.917. The maximum absolute atomic E-state index is 13.7. The standard InChI is InChI=1S/C27H24F4N6O6/c1-4-15-13(2)34-19(10-16(15)25(39)33-12-14-5-6-17(28)22(9-14)41-3)20-11-23(42-36-20)18-7-8-21(24(32)38)37(35-18)43-26(40)27(29,30)31/h5-10,23H,4,11-12H2,1-3H3,(H2-,32,33,38,39)/p+1. The number of hydrogen-bond donors (Lipinski definition) is 2. The lowest BCUT2D eigenvalue weighted by Crippen LogP contribution is -2.57. The van der Waals surface area contributed by atoms with E-state index in [0.29, 0.717) is 40.2 Å². The highest BCUT2D eigenvalue weighted by Gasteiger charge is 2.46. The Hall–Kier alpha value is -5.15. The Morgan fingerprint density at radius 3 is 2.58 bits per heavy atom. The van der Waals surface area contributed by atoms with Crippen molar-refractivity contribution >= 4 is 23.5 Å². The van der Waals surface area contributed by atoms with E-state index in [4.69, 9.17) is 15.3 Å². The van der Waals surface area contributed by atoms with Crippen molar-refractivity contribution in [1.82, 2.24) is 15.4 Å². The van der Waals surface area contributed by atoms with Crippen LogP contribution in [0.3, 0.4) is 0 Å². The maximum atomic E-state index is 13.7. The van der Waals surface area contributed by atoms with Crippen LogP contribution in [0.2, 0.25) is 0 Å². The molecule has 0 radical (unpaired) electrons. The van der Waals surface area contributed by atoms with Crippen molar-refractivity contribution in [3.8, 4) is 5.75 Å². The highest BCUT2D eigenvalue weighted by Crippen LogP contribution is 2.29. The predicted molar refractivity (Wildman–Crippen MR) is 138 cm³/mol. The molecule has 0 spiro atoms. The zero-order chi connectivity index (χ0) is 31.5. The highest BCUT2D eigenvalue weighted by molar-refractivity contribution is 6.03. The van der Waals surface area contributed by atoms with Crippen LogP contribution in [0.15, 0.2) is 41.6 Å². The summed E-state index contributed by atoms with van der Waals surface area (Å²) in [5.74, 6) is -4.72. The van der Waals surface area contributed by atoms with E-state index in [0.717, 1.165) is 6.07 Å². The lowest BCUT2D eigenvalue weighted by atomic mass is 9.99. The number of aryl methyl sites for hydroxylation is 1. The smallest absolute Gasteiger partial charge is 0.494 e. The summed E-state index contributed by atoms with van der Waals surface area (Å²) >= 11 is 0. The Morgan fingerprint density at radius 2 is 1.93 bits per heavy atom. The average molecular weight is 606 g/mol. The summed E-state index contributed by atoms with van der Waals surface area (Å²) in [5.41, 5.74) is 7.28. The Kier molecular flexibility index (Phi) is 8.87. The number of aromatic nitrogens is 3. The molecular weight excluding hydrogens is 580 g/mol. The first-order valence-corrected chi connectivity index (χ1v) is 12.7. The van der Waals surface area contributed by atoms with Crippen molar-refractivity contribution in [2.45, 2.75) is 45.5 Å². The van der Waals surface area contributed by atoms with Gasteiger partial charge in [-0.15, -0.1) is 0 Å². The second-order valence-electron chi connectivity index (χ2n) is 9.22. The van der Waals surface area contributed by atoms with Gasteiger partial charge < -0.3 is 20.6 Å². The average Bonchev–Trinajstić information content (AvgIpc) is 3.46. The summed E-state index contributed by atoms with van der Waals surface area (Å²) in [6.07, 6.45) is -5.81. The Bertz CT molecular complexity index is 1630. The van der Waals surface area contributed by atoms with Crippen molar-refractivity contribution in [3.63, 3.8) is 0 Å². The summed E-state index contributed by atoms with van der Waals surface area (Å²) in [7, 11) is 1.34. The quantitative estimate of drug-likeness (QED) is 0.278. The largest absolute Gasteiger partial charge is 0.498 e. The molecular formula is C27H25F4N6O6+. The number of alkyl halides is 3. The van der Waals surface area contributed by atoms with Crippen LogP contribution >= 0.6 is 0 Å². The Morgan fingerprint density at radius 1 is 1.19 bits per heavy atom. The summed E-state index contributed by atoms with van der Waals surface area (Å²) in [5, 5.41) is 10.6. The third-order valence-corrected chi connectivity index (χ3v) is 6.37. The van der Waals surface area contributed by atoms with Gasteiger partial charge in [0.15, 0.2) is 23.4 Å². The van der Waals surface area contributed by atoms with E-state index < -0.39 is 41.6 Å². The number of hydrogen-bond acceptors (Lipinski definition) is 9. The molecule has 3 aromatic rings. The number of nitrogens with two attached hydrogens (primary N) is 1. The number of primary amides is 1. The molecule has 0 bridgehead atoms. The van der Waals surface area contributed by atoms with E-state index in [1.54, 1.807) is 6.92 Å². The molecule has 4 rings (SSSR count). The van der Waals surface area contributed by atoms with Gasteiger partial charge in [0.25, 0.3) is 5.91 Å². The fourth-order valence-electron chi connectivity index (χ4n) is 4.24. The van der Waals surface area contributed by atoms with Crippen LogP contribution < -0.4 is 25.5 Å². The zero-order valence-corrected chi connectivity index (χ0v) is 23.0. The second-order valence-corrected chi connectivity index (χ2v) is 9.22. The zero-order valence-electron chi connectivity index (χ0n) is 23.0. The number of methoxy groups -OCH3 is 1. The van der Waals surface area contributed by atoms with Gasteiger partial charge in [0.05, 0.1) is 17.9 Å². The monoisotopic (exact) mass is 605 g/mol. The first kappa shape index (κ1) is 30.8. The van der Waals surface area contributed by atoms with Gasteiger partial charge in [-0.05, 0) is 48.7 Å². The van der Waals surface area contributed by atoms with Gasteiger partial charge in [-0.1, -0.05) is 18.1 Å². The molecule has 0 aliphatic carbocycles. The molecule has 0 saturated carbocycles. The van der Waals surface area contributed by atoms with Crippen molar-refractivity contribution in [2.24, 2.45) is 10.9 Å². The molecule has 226 valence electrons. The number of ether oxygens (including phenoxy) is 1. The first-order chi connectivity index (χ1) is 20.3. The number of nitrogens with zero attached hydrogens (tertiary/aromatic N) is 4. The van der Waals surface area contributed by atoms with Crippen LogP contribution in [0.5, 0.6) is 5.75 Å². The van der Waals surface area contributed by atoms with Crippen molar-refractivity contribution in [2.75, 3.05) is 7.11 Å². The van der Waals surface area contributed by atoms with Crippen molar-refractivity contribution in [1.29, 1.82) is 0 Å². The van der Waals surface area contributed by atoms with Gasteiger partial charge >= 0.3 is 23.7 Å². The molecule has 16 heteroatoms. The van der Waals surface area contributed by atoms with Gasteiger partial charge in [0.1, 0.15) is 10.6 Å². The summed E-state index contributed by atoms with van der Waals surface area (Å²) in [6.45, 7) is 3.67. The number of nitrogens with one attached hydrogen (secondary N) is 1. The second kappa shape index (κ2) is 12.4. The molecule has 0 saturated heterocycles. The van der Waals surface area contributed by atoms with E-state index >= 15 is 0 Å². The molecule has 1 aliphatic heterocycles. The summed E-state index contributed by atoms with van der Waals surface area (Å²) in [6, 6.07) is 8.04. The van der Waals surface area contributed by atoms with E-state index in [-0.39, 0.29) is 29.3 Å². The number of pyridine rings is 1.